The quantitative estimate of drug-likeness (QED) is 0.360. The molecule has 1 aliphatic heterocycles. The SMILES string of the molecule is CCCc1cc(=O)[nH]c(SCC2=C(C(=O)OCC)[C@@H](CC)NC(=O)N2)n1. The second-order valence-electron chi connectivity index (χ2n) is 5.75. The van der Waals surface area contributed by atoms with Gasteiger partial charge in [0.25, 0.3) is 5.56 Å². The number of thioether (sulfide) groups is 1. The molecule has 0 fully saturated rings. The number of carbonyl (C=O) groups is 2. The third-order valence-electron chi connectivity index (χ3n) is 3.78. The largest absolute Gasteiger partial charge is 0.463 e. The van der Waals surface area contributed by atoms with Crippen LogP contribution in [0.4, 0.5) is 4.79 Å². The average molecular weight is 380 g/mol. The van der Waals surface area contributed by atoms with E-state index in [2.05, 4.69) is 20.6 Å². The summed E-state index contributed by atoms with van der Waals surface area (Å²) >= 11 is 1.26. The highest BCUT2D eigenvalue weighted by molar-refractivity contribution is 7.99. The molecular formula is C17H24N4O4S. The lowest BCUT2D eigenvalue weighted by atomic mass is 10.0. The fourth-order valence-electron chi connectivity index (χ4n) is 2.65. The zero-order valence-electron chi connectivity index (χ0n) is 15.2. The summed E-state index contributed by atoms with van der Waals surface area (Å²) in [6, 6.07) is 0.717. The van der Waals surface area contributed by atoms with Gasteiger partial charge in [-0.05, 0) is 19.8 Å². The van der Waals surface area contributed by atoms with Gasteiger partial charge in [0, 0.05) is 23.2 Å². The lowest BCUT2D eigenvalue weighted by Crippen LogP contribution is -2.50. The minimum atomic E-state index is -0.455. The van der Waals surface area contributed by atoms with E-state index in [1.165, 1.54) is 17.8 Å². The van der Waals surface area contributed by atoms with E-state index in [1.54, 1.807) is 6.92 Å². The third kappa shape index (κ3) is 5.10. The van der Waals surface area contributed by atoms with Crippen LogP contribution in [0.2, 0.25) is 0 Å². The van der Waals surface area contributed by atoms with E-state index in [4.69, 9.17) is 4.74 Å². The average Bonchev–Trinajstić information content (AvgIpc) is 2.59. The van der Waals surface area contributed by atoms with Crippen LogP contribution in [0.15, 0.2) is 27.3 Å². The first-order valence-corrected chi connectivity index (χ1v) is 9.67. The summed E-state index contributed by atoms with van der Waals surface area (Å²) in [4.78, 5) is 43.1. The number of esters is 1. The molecule has 142 valence electrons. The number of H-pyrrole nitrogens is 1. The van der Waals surface area contributed by atoms with Gasteiger partial charge in [0.05, 0.1) is 18.2 Å². The highest BCUT2D eigenvalue weighted by atomic mass is 32.2. The zero-order chi connectivity index (χ0) is 19.1. The Morgan fingerprint density at radius 3 is 2.73 bits per heavy atom. The van der Waals surface area contributed by atoms with Gasteiger partial charge in [0.1, 0.15) is 0 Å². The van der Waals surface area contributed by atoms with E-state index in [0.29, 0.717) is 29.3 Å². The van der Waals surface area contributed by atoms with Crippen molar-refractivity contribution in [2.75, 3.05) is 12.4 Å². The lowest BCUT2D eigenvalue weighted by molar-refractivity contribution is -0.139. The Labute approximate surface area is 156 Å². The predicted molar refractivity (Wildman–Crippen MR) is 99.0 cm³/mol. The van der Waals surface area contributed by atoms with Gasteiger partial charge < -0.3 is 20.4 Å². The molecule has 2 heterocycles. The number of nitrogens with one attached hydrogen (secondary N) is 3. The van der Waals surface area contributed by atoms with Gasteiger partial charge in [-0.3, -0.25) is 4.79 Å². The molecule has 8 nitrogen and oxygen atoms in total. The second-order valence-corrected chi connectivity index (χ2v) is 6.72. The molecule has 1 aromatic heterocycles. The van der Waals surface area contributed by atoms with Crippen LogP contribution in [0, 0.1) is 0 Å². The molecule has 0 bridgehead atoms. The Morgan fingerprint density at radius 2 is 2.08 bits per heavy atom. The van der Waals surface area contributed by atoms with Crippen LogP contribution >= 0.6 is 11.8 Å². The fraction of sp³-hybridized carbons (Fsp3) is 0.529. The molecule has 9 heteroatoms. The van der Waals surface area contributed by atoms with Crippen molar-refractivity contribution < 1.29 is 14.3 Å². The van der Waals surface area contributed by atoms with E-state index >= 15 is 0 Å². The number of carbonyl (C=O) groups excluding carboxylic acids is 2. The maximum Gasteiger partial charge on any atom is 0.337 e. The van der Waals surface area contributed by atoms with E-state index in [9.17, 15) is 14.4 Å². The molecule has 0 radical (unpaired) electrons. The summed E-state index contributed by atoms with van der Waals surface area (Å²) in [6.45, 7) is 5.88. The fourth-order valence-corrected chi connectivity index (χ4v) is 3.52. The van der Waals surface area contributed by atoms with Crippen LogP contribution in [0.25, 0.3) is 0 Å². The van der Waals surface area contributed by atoms with Crippen LogP contribution in [0.1, 0.15) is 39.3 Å². The lowest BCUT2D eigenvalue weighted by Gasteiger charge is -2.28. The van der Waals surface area contributed by atoms with Crippen molar-refractivity contribution in [2.24, 2.45) is 0 Å². The number of urea groups is 1. The van der Waals surface area contributed by atoms with Gasteiger partial charge in [0.15, 0.2) is 5.16 Å². The van der Waals surface area contributed by atoms with E-state index < -0.39 is 12.0 Å². The first-order chi connectivity index (χ1) is 12.5. The standard InChI is InChI=1S/C17H24N4O4S/c1-4-7-10-8-13(22)21-17(18-10)26-9-12-14(15(23)25-6-3)11(5-2)19-16(24)20-12/h8,11H,4-7,9H2,1-3H3,(H,18,21,22)(H2,19,20,24)/t11-/m1/s1. The summed E-state index contributed by atoms with van der Waals surface area (Å²) in [7, 11) is 0. The molecule has 1 aliphatic rings. The summed E-state index contributed by atoms with van der Waals surface area (Å²) in [5.41, 5.74) is 1.39. The first kappa shape index (κ1) is 20.0. The topological polar surface area (TPSA) is 113 Å². The highest BCUT2D eigenvalue weighted by Gasteiger charge is 2.31. The van der Waals surface area contributed by atoms with Crippen molar-refractivity contribution >= 4 is 23.8 Å². The number of amides is 2. The summed E-state index contributed by atoms with van der Waals surface area (Å²) in [6.07, 6.45) is 2.17. The Morgan fingerprint density at radius 1 is 1.31 bits per heavy atom. The Bertz CT molecular complexity index is 759. The molecule has 3 N–H and O–H groups in total. The number of hydrogen-bond acceptors (Lipinski definition) is 6. The molecule has 0 unspecified atom stereocenters. The normalized spacial score (nSPS) is 16.9. The van der Waals surface area contributed by atoms with Gasteiger partial charge in [-0.25, -0.2) is 14.6 Å². The molecular weight excluding hydrogens is 356 g/mol. The number of aromatic amines is 1. The van der Waals surface area contributed by atoms with E-state index in [-0.39, 0.29) is 24.0 Å². The monoisotopic (exact) mass is 380 g/mol. The zero-order valence-corrected chi connectivity index (χ0v) is 16.0. The van der Waals surface area contributed by atoms with Crippen LogP contribution in [-0.2, 0) is 16.0 Å². The minimum absolute atomic E-state index is 0.216. The van der Waals surface area contributed by atoms with Crippen molar-refractivity contribution in [1.82, 2.24) is 20.6 Å². The van der Waals surface area contributed by atoms with Crippen molar-refractivity contribution in [3.05, 3.63) is 33.4 Å². The highest BCUT2D eigenvalue weighted by Crippen LogP contribution is 2.22. The smallest absolute Gasteiger partial charge is 0.337 e. The molecule has 2 amide bonds. The molecule has 0 saturated carbocycles. The number of ether oxygens (including phenoxy) is 1. The van der Waals surface area contributed by atoms with Crippen LogP contribution in [-0.4, -0.2) is 40.4 Å². The number of rotatable bonds is 8. The maximum atomic E-state index is 12.3. The molecule has 0 spiro atoms. The number of aryl methyl sites for hydroxylation is 1. The van der Waals surface area contributed by atoms with Gasteiger partial charge in [-0.2, -0.15) is 0 Å². The summed E-state index contributed by atoms with van der Waals surface area (Å²) in [5.74, 6) is -0.167. The number of aromatic nitrogens is 2. The van der Waals surface area contributed by atoms with Crippen LogP contribution < -0.4 is 16.2 Å². The van der Waals surface area contributed by atoms with Gasteiger partial charge in [-0.1, -0.05) is 32.0 Å². The molecule has 0 aliphatic carbocycles. The van der Waals surface area contributed by atoms with Gasteiger partial charge in [0.2, 0.25) is 0 Å². The Kier molecular flexibility index (Phi) is 7.26. The number of nitrogens with zero attached hydrogens (tertiary/aromatic N) is 1. The van der Waals surface area contributed by atoms with Gasteiger partial charge >= 0.3 is 12.0 Å². The summed E-state index contributed by atoms with van der Waals surface area (Å²) < 4.78 is 5.13. The molecule has 26 heavy (non-hydrogen) atoms. The summed E-state index contributed by atoms with van der Waals surface area (Å²) in [5, 5.41) is 5.87. The maximum absolute atomic E-state index is 12.3. The van der Waals surface area contributed by atoms with Gasteiger partial charge in [-0.15, -0.1) is 0 Å². The molecule has 2 rings (SSSR count). The molecule has 1 aromatic rings. The molecule has 0 aromatic carbocycles. The van der Waals surface area contributed by atoms with E-state index in [1.807, 2.05) is 13.8 Å². The van der Waals surface area contributed by atoms with Crippen molar-refractivity contribution in [2.45, 2.75) is 51.2 Å². The molecule has 0 saturated heterocycles. The van der Waals surface area contributed by atoms with Crippen molar-refractivity contribution in [3.8, 4) is 0 Å². The Hall–Kier alpha value is -2.29. The first-order valence-electron chi connectivity index (χ1n) is 8.69. The van der Waals surface area contributed by atoms with Crippen molar-refractivity contribution in [3.63, 3.8) is 0 Å². The molecule has 1 atom stereocenters. The third-order valence-corrected chi connectivity index (χ3v) is 4.68. The van der Waals surface area contributed by atoms with E-state index in [0.717, 1.165) is 12.1 Å². The second kappa shape index (κ2) is 9.42. The number of hydrogen-bond donors (Lipinski definition) is 3. The minimum Gasteiger partial charge on any atom is -0.463 e. The van der Waals surface area contributed by atoms with Crippen molar-refractivity contribution in [1.29, 1.82) is 0 Å². The van der Waals surface area contributed by atoms with Crippen LogP contribution in [0.5, 0.6) is 0 Å². The predicted octanol–water partition coefficient (Wildman–Crippen LogP) is 1.72. The Balaban J connectivity index is 2.26. The van der Waals surface area contributed by atoms with Crippen LogP contribution in [0.3, 0.4) is 0 Å².